The van der Waals surface area contributed by atoms with Gasteiger partial charge in [-0.1, -0.05) is 40.2 Å². The maximum Gasteiger partial charge on any atom is 0.231 e. The highest BCUT2D eigenvalue weighted by Gasteiger charge is 2.27. The van der Waals surface area contributed by atoms with E-state index < -0.39 is 0 Å². The van der Waals surface area contributed by atoms with Crippen LogP contribution in [0.5, 0.6) is 17.2 Å². The smallest absolute Gasteiger partial charge is 0.231 e. The maximum atomic E-state index is 12.6. The molecule has 0 saturated heterocycles. The van der Waals surface area contributed by atoms with Crippen molar-refractivity contribution in [3.05, 3.63) is 93.7 Å². The highest BCUT2D eigenvalue weighted by Crippen LogP contribution is 2.35. The number of halogens is 1. The molecule has 0 aliphatic carbocycles. The van der Waals surface area contributed by atoms with E-state index in [1.807, 2.05) is 24.3 Å². The quantitative estimate of drug-likeness (QED) is 0.364. The molecule has 0 bridgehead atoms. The largest absolute Gasteiger partial charge is 0.497 e. The van der Waals surface area contributed by atoms with E-state index in [2.05, 4.69) is 15.9 Å². The van der Waals surface area contributed by atoms with Crippen molar-refractivity contribution in [2.45, 2.75) is 0 Å². The van der Waals surface area contributed by atoms with Gasteiger partial charge in [0.2, 0.25) is 5.78 Å². The first-order valence-corrected chi connectivity index (χ1v) is 9.97. The van der Waals surface area contributed by atoms with Crippen molar-refractivity contribution in [3.8, 4) is 17.2 Å². The molecule has 0 atom stereocenters. The van der Waals surface area contributed by atoms with E-state index in [0.717, 1.165) is 10.0 Å². The Hall–Kier alpha value is -3.38. The van der Waals surface area contributed by atoms with Gasteiger partial charge in [-0.3, -0.25) is 9.59 Å². The Bertz CT molecular complexity index is 1150. The van der Waals surface area contributed by atoms with Crippen molar-refractivity contribution >= 4 is 33.6 Å². The van der Waals surface area contributed by atoms with E-state index in [1.54, 1.807) is 55.7 Å². The Balaban J connectivity index is 1.47. The van der Waals surface area contributed by atoms with Crippen LogP contribution < -0.4 is 14.2 Å². The third-order valence-electron chi connectivity index (χ3n) is 4.57. The SMILES string of the molecule is COc1cccc(C=C2Oc3cc(OCC(=O)c4ccc(Br)cc4)ccc3C2=O)c1. The molecule has 1 aliphatic rings. The summed E-state index contributed by atoms with van der Waals surface area (Å²) in [4.78, 5) is 24.9. The third kappa shape index (κ3) is 4.28. The van der Waals surface area contributed by atoms with E-state index in [9.17, 15) is 9.59 Å². The van der Waals surface area contributed by atoms with E-state index in [4.69, 9.17) is 14.2 Å². The van der Waals surface area contributed by atoms with Crippen LogP contribution in [-0.4, -0.2) is 25.3 Å². The number of hydrogen-bond donors (Lipinski definition) is 0. The zero-order valence-electron chi connectivity index (χ0n) is 16.1. The zero-order chi connectivity index (χ0) is 21.1. The number of ether oxygens (including phenoxy) is 3. The maximum absolute atomic E-state index is 12.6. The topological polar surface area (TPSA) is 61.8 Å². The molecule has 5 nitrogen and oxygen atoms in total. The lowest BCUT2D eigenvalue weighted by atomic mass is 10.1. The Kier molecular flexibility index (Phi) is 5.68. The number of carbonyl (C=O) groups is 2. The van der Waals surface area contributed by atoms with Crippen molar-refractivity contribution < 1.29 is 23.8 Å². The summed E-state index contributed by atoms with van der Waals surface area (Å²) in [5, 5.41) is 0. The molecular weight excluding hydrogens is 448 g/mol. The lowest BCUT2D eigenvalue weighted by molar-refractivity contribution is 0.0921. The average molecular weight is 465 g/mol. The Morgan fingerprint density at radius 1 is 1.03 bits per heavy atom. The van der Waals surface area contributed by atoms with E-state index in [0.29, 0.717) is 28.4 Å². The van der Waals surface area contributed by atoms with Gasteiger partial charge in [-0.05, 0) is 48.0 Å². The van der Waals surface area contributed by atoms with E-state index in [1.165, 1.54) is 0 Å². The molecule has 0 spiro atoms. The average Bonchev–Trinajstić information content (AvgIpc) is 3.07. The number of Topliss-reactive ketones (excluding diaryl/α,β-unsaturated/α-hetero) is 2. The van der Waals surface area contributed by atoms with Crippen LogP contribution in [0, 0.1) is 0 Å². The first kappa shape index (κ1) is 19.9. The molecule has 0 unspecified atom stereocenters. The molecule has 0 fully saturated rings. The summed E-state index contributed by atoms with van der Waals surface area (Å²) in [6, 6.07) is 19.3. The predicted molar refractivity (Wildman–Crippen MR) is 116 cm³/mol. The van der Waals surface area contributed by atoms with Gasteiger partial charge in [0.1, 0.15) is 17.2 Å². The fourth-order valence-corrected chi connectivity index (χ4v) is 3.27. The summed E-state index contributed by atoms with van der Waals surface area (Å²) in [5.74, 6) is 1.43. The number of hydrogen-bond acceptors (Lipinski definition) is 5. The summed E-state index contributed by atoms with van der Waals surface area (Å²) < 4.78 is 17.5. The Labute approximate surface area is 182 Å². The van der Waals surface area contributed by atoms with Gasteiger partial charge >= 0.3 is 0 Å². The Morgan fingerprint density at radius 3 is 2.60 bits per heavy atom. The number of carbonyl (C=O) groups excluding carboxylic acids is 2. The monoisotopic (exact) mass is 464 g/mol. The molecule has 3 aromatic carbocycles. The summed E-state index contributed by atoms with van der Waals surface area (Å²) >= 11 is 3.34. The fourth-order valence-electron chi connectivity index (χ4n) is 3.01. The molecular formula is C24H17BrO5. The van der Waals surface area contributed by atoms with Crippen molar-refractivity contribution in [1.82, 2.24) is 0 Å². The molecule has 1 heterocycles. The number of methoxy groups -OCH3 is 1. The van der Waals surface area contributed by atoms with Gasteiger partial charge in [0.25, 0.3) is 0 Å². The van der Waals surface area contributed by atoms with Crippen LogP contribution in [0.2, 0.25) is 0 Å². The minimum atomic E-state index is -0.203. The molecule has 150 valence electrons. The summed E-state index contributed by atoms with van der Waals surface area (Å²) in [6.45, 7) is -0.110. The predicted octanol–water partition coefficient (Wildman–Crippen LogP) is 5.34. The number of allylic oxidation sites excluding steroid dienone is 1. The van der Waals surface area contributed by atoms with Crippen LogP contribution in [0.4, 0.5) is 0 Å². The number of benzene rings is 3. The van der Waals surface area contributed by atoms with Crippen molar-refractivity contribution in [3.63, 3.8) is 0 Å². The van der Waals surface area contributed by atoms with Crippen LogP contribution in [0.3, 0.4) is 0 Å². The highest BCUT2D eigenvalue weighted by molar-refractivity contribution is 9.10. The van der Waals surface area contributed by atoms with Crippen molar-refractivity contribution in [2.24, 2.45) is 0 Å². The van der Waals surface area contributed by atoms with Gasteiger partial charge in [0, 0.05) is 16.1 Å². The number of fused-ring (bicyclic) bond motifs is 1. The third-order valence-corrected chi connectivity index (χ3v) is 5.10. The van der Waals surface area contributed by atoms with Crippen LogP contribution in [0.25, 0.3) is 6.08 Å². The van der Waals surface area contributed by atoms with Gasteiger partial charge in [-0.2, -0.15) is 0 Å². The van der Waals surface area contributed by atoms with Crippen LogP contribution in [-0.2, 0) is 0 Å². The molecule has 0 radical (unpaired) electrons. The van der Waals surface area contributed by atoms with Crippen molar-refractivity contribution in [2.75, 3.05) is 13.7 Å². The van der Waals surface area contributed by atoms with Gasteiger partial charge < -0.3 is 14.2 Å². The lowest BCUT2D eigenvalue weighted by Crippen LogP contribution is -2.11. The van der Waals surface area contributed by atoms with Gasteiger partial charge in [0.15, 0.2) is 18.1 Å². The minimum Gasteiger partial charge on any atom is -0.497 e. The second kappa shape index (κ2) is 8.55. The summed E-state index contributed by atoms with van der Waals surface area (Å²) in [5.41, 5.74) is 1.81. The second-order valence-corrected chi connectivity index (χ2v) is 7.51. The fraction of sp³-hybridized carbons (Fsp3) is 0.0833. The Morgan fingerprint density at radius 2 is 1.83 bits per heavy atom. The second-order valence-electron chi connectivity index (χ2n) is 6.59. The number of ketones is 2. The van der Waals surface area contributed by atoms with E-state index >= 15 is 0 Å². The molecule has 0 saturated carbocycles. The molecule has 30 heavy (non-hydrogen) atoms. The molecule has 3 aromatic rings. The molecule has 4 rings (SSSR count). The normalized spacial score (nSPS) is 13.7. The molecule has 1 aliphatic heterocycles. The number of rotatable bonds is 6. The molecule has 0 N–H and O–H groups in total. The van der Waals surface area contributed by atoms with Gasteiger partial charge in [-0.15, -0.1) is 0 Å². The van der Waals surface area contributed by atoms with Gasteiger partial charge in [-0.25, -0.2) is 0 Å². The first-order chi connectivity index (χ1) is 14.5. The van der Waals surface area contributed by atoms with Crippen LogP contribution in [0.1, 0.15) is 26.3 Å². The van der Waals surface area contributed by atoms with Crippen LogP contribution >= 0.6 is 15.9 Å². The molecule has 0 aromatic heterocycles. The van der Waals surface area contributed by atoms with Crippen molar-refractivity contribution in [1.29, 1.82) is 0 Å². The molecule has 0 amide bonds. The summed E-state index contributed by atoms with van der Waals surface area (Å²) in [7, 11) is 1.59. The lowest BCUT2D eigenvalue weighted by Gasteiger charge is -2.07. The zero-order valence-corrected chi connectivity index (χ0v) is 17.6. The van der Waals surface area contributed by atoms with Gasteiger partial charge in [0.05, 0.1) is 12.7 Å². The van der Waals surface area contributed by atoms with E-state index in [-0.39, 0.29) is 23.9 Å². The molecule has 6 heteroatoms. The first-order valence-electron chi connectivity index (χ1n) is 9.17. The summed E-state index contributed by atoms with van der Waals surface area (Å²) in [6.07, 6.45) is 1.67. The van der Waals surface area contributed by atoms with Crippen LogP contribution in [0.15, 0.2) is 77.0 Å². The standard InChI is InChI=1S/C24H17BrO5/c1-28-18-4-2-3-15(11-18)12-23-24(27)20-10-9-19(13-22(20)30-23)29-14-21(26)16-5-7-17(25)8-6-16/h2-13H,14H2,1H3. The minimum absolute atomic E-state index is 0.110. The highest BCUT2D eigenvalue weighted by atomic mass is 79.9.